The quantitative estimate of drug-likeness (QED) is 0.576. The molecule has 2 aliphatic rings. The zero-order chi connectivity index (χ0) is 12.5. The molecule has 17 heavy (non-hydrogen) atoms. The molecule has 2 rings (SSSR count). The molecule has 0 saturated carbocycles. The highest BCUT2D eigenvalue weighted by Crippen LogP contribution is 2.14. The van der Waals surface area contributed by atoms with E-state index >= 15 is 0 Å². The van der Waals surface area contributed by atoms with Crippen LogP contribution in [-0.2, 0) is 0 Å². The largest absolute Gasteiger partial charge is 0.390 e. The minimum atomic E-state index is -0.614. The molecule has 5 nitrogen and oxygen atoms in total. The van der Waals surface area contributed by atoms with Crippen LogP contribution in [0.25, 0.3) is 0 Å². The number of nitrogens with one attached hydrogen (secondary N) is 1. The van der Waals surface area contributed by atoms with Gasteiger partial charge in [-0.05, 0) is 13.8 Å². The smallest absolute Gasteiger partial charge is 0.0831 e. The lowest BCUT2D eigenvalue weighted by Crippen LogP contribution is -2.55. The van der Waals surface area contributed by atoms with Crippen molar-refractivity contribution in [2.24, 2.45) is 0 Å². The molecule has 0 aromatic rings. The molecule has 2 saturated heterocycles. The van der Waals surface area contributed by atoms with Crippen LogP contribution in [0.1, 0.15) is 13.8 Å². The van der Waals surface area contributed by atoms with Crippen LogP contribution in [-0.4, -0.2) is 83.6 Å². The summed E-state index contributed by atoms with van der Waals surface area (Å²) in [5.41, 5.74) is -0.614. The number of nitrogens with zero attached hydrogens (tertiary/aromatic N) is 2. The van der Waals surface area contributed by atoms with Gasteiger partial charge in [0.15, 0.2) is 0 Å². The van der Waals surface area contributed by atoms with Crippen LogP contribution >= 0.6 is 0 Å². The van der Waals surface area contributed by atoms with Crippen LogP contribution in [0, 0.1) is 0 Å². The Labute approximate surface area is 103 Å². The summed E-state index contributed by atoms with van der Waals surface area (Å²) in [6.07, 6.45) is -0.226. The molecular formula is C12H25N3O2. The fourth-order valence-electron chi connectivity index (χ4n) is 2.82. The van der Waals surface area contributed by atoms with Crippen LogP contribution in [0.5, 0.6) is 0 Å². The number of piperazine rings is 1. The van der Waals surface area contributed by atoms with E-state index in [2.05, 4.69) is 15.1 Å². The molecule has 0 aliphatic carbocycles. The Bertz CT molecular complexity index is 247. The summed E-state index contributed by atoms with van der Waals surface area (Å²) in [6, 6.07) is 0.277. The molecule has 0 radical (unpaired) electrons. The van der Waals surface area contributed by atoms with Crippen LogP contribution in [0.2, 0.25) is 0 Å². The predicted octanol–water partition coefficient (Wildman–Crippen LogP) is -1.29. The van der Waals surface area contributed by atoms with Crippen molar-refractivity contribution in [3.05, 3.63) is 0 Å². The maximum Gasteiger partial charge on any atom is 0.0831 e. The Morgan fingerprint density at radius 2 is 1.82 bits per heavy atom. The Hall–Kier alpha value is -0.200. The van der Waals surface area contributed by atoms with Gasteiger partial charge < -0.3 is 15.5 Å². The zero-order valence-corrected chi connectivity index (χ0v) is 10.9. The fraction of sp³-hybridized carbons (Fsp3) is 1.00. The van der Waals surface area contributed by atoms with E-state index in [0.29, 0.717) is 6.54 Å². The zero-order valence-electron chi connectivity index (χ0n) is 10.9. The van der Waals surface area contributed by atoms with Crippen molar-refractivity contribution in [1.82, 2.24) is 15.1 Å². The van der Waals surface area contributed by atoms with Gasteiger partial charge >= 0.3 is 0 Å². The topological polar surface area (TPSA) is 59.0 Å². The Morgan fingerprint density at radius 3 is 2.29 bits per heavy atom. The molecule has 0 amide bonds. The highest BCUT2D eigenvalue weighted by atomic mass is 16.3. The molecule has 0 aromatic heterocycles. The van der Waals surface area contributed by atoms with Crippen molar-refractivity contribution in [2.45, 2.75) is 31.6 Å². The molecule has 2 fully saturated rings. The van der Waals surface area contributed by atoms with Gasteiger partial charge in [-0.15, -0.1) is 0 Å². The van der Waals surface area contributed by atoms with Crippen LogP contribution in [0.15, 0.2) is 0 Å². The Balaban J connectivity index is 1.78. The number of aliphatic hydroxyl groups is 2. The summed E-state index contributed by atoms with van der Waals surface area (Å²) in [7, 11) is 0. The average Bonchev–Trinajstić information content (AvgIpc) is 2.63. The second kappa shape index (κ2) is 5.20. The van der Waals surface area contributed by atoms with E-state index in [1.807, 2.05) is 13.8 Å². The van der Waals surface area contributed by atoms with E-state index in [4.69, 9.17) is 0 Å². The second-order valence-electron chi connectivity index (χ2n) is 5.92. The second-order valence-corrected chi connectivity index (χ2v) is 5.92. The molecule has 0 bridgehead atoms. The van der Waals surface area contributed by atoms with E-state index in [-0.39, 0.29) is 12.1 Å². The number of hydrogen-bond donors (Lipinski definition) is 3. The lowest BCUT2D eigenvalue weighted by Gasteiger charge is -2.40. The summed E-state index contributed by atoms with van der Waals surface area (Å²) in [5, 5.41) is 22.8. The Kier molecular flexibility index (Phi) is 4.05. The van der Waals surface area contributed by atoms with Gasteiger partial charge in [0.2, 0.25) is 0 Å². The summed E-state index contributed by atoms with van der Waals surface area (Å²) in [6.45, 7) is 9.97. The molecule has 100 valence electrons. The number of hydrogen-bond acceptors (Lipinski definition) is 5. The van der Waals surface area contributed by atoms with Crippen molar-refractivity contribution in [1.29, 1.82) is 0 Å². The summed E-state index contributed by atoms with van der Waals surface area (Å²) in [4.78, 5) is 4.66. The summed E-state index contributed by atoms with van der Waals surface area (Å²) >= 11 is 0. The van der Waals surface area contributed by atoms with Crippen molar-refractivity contribution < 1.29 is 10.2 Å². The highest BCUT2D eigenvalue weighted by Gasteiger charge is 2.33. The normalized spacial score (nSPS) is 33.2. The number of β-amino-alcohol motifs (C(OH)–C–C–N with tert-alkyl or cyclic N) is 2. The molecule has 5 heteroatoms. The van der Waals surface area contributed by atoms with Crippen molar-refractivity contribution >= 4 is 0 Å². The lowest BCUT2D eigenvalue weighted by molar-refractivity contribution is 0.00000592. The maximum atomic E-state index is 9.84. The van der Waals surface area contributed by atoms with Crippen molar-refractivity contribution in [3.63, 3.8) is 0 Å². The van der Waals surface area contributed by atoms with Gasteiger partial charge in [-0.25, -0.2) is 0 Å². The van der Waals surface area contributed by atoms with Crippen LogP contribution < -0.4 is 5.32 Å². The van der Waals surface area contributed by atoms with E-state index in [1.165, 1.54) is 0 Å². The van der Waals surface area contributed by atoms with Crippen molar-refractivity contribution in [3.8, 4) is 0 Å². The molecule has 2 aliphatic heterocycles. The standard InChI is InChI=1S/C12H25N3O2/c1-12(2,17)9-14-3-5-15(6-4-14)10-7-13-8-11(10)16/h10-11,13,16-17H,3-9H2,1-2H3. The van der Waals surface area contributed by atoms with Gasteiger partial charge in [0.05, 0.1) is 11.7 Å². The van der Waals surface area contributed by atoms with E-state index in [0.717, 1.165) is 39.3 Å². The van der Waals surface area contributed by atoms with Crippen molar-refractivity contribution in [2.75, 3.05) is 45.8 Å². The lowest BCUT2D eigenvalue weighted by atomic mass is 10.1. The third kappa shape index (κ3) is 3.63. The highest BCUT2D eigenvalue weighted by molar-refractivity contribution is 4.91. The van der Waals surface area contributed by atoms with Crippen LogP contribution in [0.3, 0.4) is 0 Å². The number of aliphatic hydroxyl groups excluding tert-OH is 1. The van der Waals surface area contributed by atoms with E-state index < -0.39 is 5.60 Å². The number of rotatable bonds is 3. The van der Waals surface area contributed by atoms with Crippen LogP contribution in [0.4, 0.5) is 0 Å². The predicted molar refractivity (Wildman–Crippen MR) is 67.0 cm³/mol. The first kappa shape index (κ1) is 13.2. The molecule has 0 aromatic carbocycles. The molecule has 2 atom stereocenters. The molecule has 3 N–H and O–H groups in total. The first-order valence-corrected chi connectivity index (χ1v) is 6.53. The fourth-order valence-corrected chi connectivity index (χ4v) is 2.82. The SMILES string of the molecule is CC(C)(O)CN1CCN(C2CNCC2O)CC1. The van der Waals surface area contributed by atoms with Gasteiger partial charge in [0.1, 0.15) is 0 Å². The average molecular weight is 243 g/mol. The molecular weight excluding hydrogens is 218 g/mol. The molecule has 2 heterocycles. The monoisotopic (exact) mass is 243 g/mol. The van der Waals surface area contributed by atoms with Gasteiger partial charge in [-0.3, -0.25) is 9.80 Å². The third-order valence-electron chi connectivity index (χ3n) is 3.64. The van der Waals surface area contributed by atoms with Gasteiger partial charge in [0, 0.05) is 51.9 Å². The minimum absolute atomic E-state index is 0.226. The summed E-state index contributed by atoms with van der Waals surface area (Å²) < 4.78 is 0. The van der Waals surface area contributed by atoms with Gasteiger partial charge in [-0.2, -0.15) is 0 Å². The van der Waals surface area contributed by atoms with Gasteiger partial charge in [-0.1, -0.05) is 0 Å². The van der Waals surface area contributed by atoms with E-state index in [9.17, 15) is 10.2 Å². The Morgan fingerprint density at radius 1 is 1.18 bits per heavy atom. The molecule has 2 unspecified atom stereocenters. The van der Waals surface area contributed by atoms with Gasteiger partial charge in [0.25, 0.3) is 0 Å². The third-order valence-corrected chi connectivity index (χ3v) is 3.64. The minimum Gasteiger partial charge on any atom is -0.390 e. The first-order valence-electron chi connectivity index (χ1n) is 6.53. The summed E-state index contributed by atoms with van der Waals surface area (Å²) in [5.74, 6) is 0. The maximum absolute atomic E-state index is 9.84. The first-order chi connectivity index (χ1) is 7.96. The molecule has 0 spiro atoms. The van der Waals surface area contributed by atoms with E-state index in [1.54, 1.807) is 0 Å².